The van der Waals surface area contributed by atoms with Crippen LogP contribution in [0.4, 0.5) is 0 Å². The minimum absolute atomic E-state index is 0.293. The van der Waals surface area contributed by atoms with Crippen LogP contribution < -0.4 is 15.6 Å². The van der Waals surface area contributed by atoms with Crippen molar-refractivity contribution in [1.29, 1.82) is 0 Å². The first kappa shape index (κ1) is 21.9. The fourth-order valence-corrected chi connectivity index (χ4v) is 2.60. The molecule has 3 rings (SSSR count). The Kier molecular flexibility index (Phi) is 7.61. The normalized spacial score (nSPS) is 10.1. The summed E-state index contributed by atoms with van der Waals surface area (Å²) in [6.45, 7) is -0.187. The third kappa shape index (κ3) is 6.87. The van der Waals surface area contributed by atoms with Gasteiger partial charge in [0.25, 0.3) is 11.8 Å². The van der Waals surface area contributed by atoms with Gasteiger partial charge in [-0.2, -0.15) is 0 Å². The number of amides is 2. The average Bonchev–Trinajstić information content (AvgIpc) is 2.81. The Labute approximate surface area is 183 Å². The van der Waals surface area contributed by atoms with E-state index < -0.39 is 24.4 Å². The van der Waals surface area contributed by atoms with Gasteiger partial charge in [-0.25, -0.2) is 4.79 Å². The Morgan fingerprint density at radius 1 is 0.774 bits per heavy atom. The lowest BCUT2D eigenvalue weighted by atomic mass is 10.1. The van der Waals surface area contributed by atoms with Crippen molar-refractivity contribution in [3.05, 3.63) is 101 Å². The maximum atomic E-state index is 12.1. The van der Waals surface area contributed by atoms with Crippen molar-refractivity contribution in [2.45, 2.75) is 6.61 Å². The standard InChI is InChI=1S/C23H19ClN2O5/c24-19-12-10-17(11-13-19)22(28)26-25-21(27)15-31-23(29)18-8-6-16(7-9-18)14-30-20-4-2-1-3-5-20/h1-13H,14-15H2,(H,25,27)(H,26,28). The minimum atomic E-state index is -0.677. The summed E-state index contributed by atoms with van der Waals surface area (Å²) >= 11 is 5.76. The summed E-state index contributed by atoms with van der Waals surface area (Å²) in [5.74, 6) is -1.11. The predicted molar refractivity (Wildman–Crippen MR) is 115 cm³/mol. The molecule has 2 N–H and O–H groups in total. The second kappa shape index (κ2) is 10.8. The number of ether oxygens (including phenoxy) is 2. The van der Waals surface area contributed by atoms with Gasteiger partial charge in [0.2, 0.25) is 0 Å². The molecule has 31 heavy (non-hydrogen) atoms. The number of rotatable bonds is 7. The minimum Gasteiger partial charge on any atom is -0.489 e. The molecule has 0 saturated heterocycles. The maximum absolute atomic E-state index is 12.1. The molecule has 0 aromatic heterocycles. The summed E-state index contributed by atoms with van der Waals surface area (Å²) < 4.78 is 10.6. The van der Waals surface area contributed by atoms with Crippen molar-refractivity contribution in [3.63, 3.8) is 0 Å². The Balaban J connectivity index is 1.40. The largest absolute Gasteiger partial charge is 0.489 e. The summed E-state index contributed by atoms with van der Waals surface area (Å²) in [5, 5.41) is 0.490. The molecular weight excluding hydrogens is 420 g/mol. The zero-order valence-electron chi connectivity index (χ0n) is 16.3. The number of para-hydroxylation sites is 1. The molecule has 0 aliphatic carbocycles. The zero-order chi connectivity index (χ0) is 22.1. The summed E-state index contributed by atoms with van der Waals surface area (Å²) in [6, 6.07) is 22.2. The molecule has 0 atom stereocenters. The van der Waals surface area contributed by atoms with Crippen LogP contribution >= 0.6 is 11.6 Å². The zero-order valence-corrected chi connectivity index (χ0v) is 17.1. The molecule has 3 aromatic rings. The lowest BCUT2D eigenvalue weighted by Gasteiger charge is -2.09. The molecule has 0 aliphatic rings. The summed E-state index contributed by atoms with van der Waals surface area (Å²) in [6.07, 6.45) is 0. The number of benzene rings is 3. The van der Waals surface area contributed by atoms with Gasteiger partial charge in [0.15, 0.2) is 6.61 Å². The van der Waals surface area contributed by atoms with Crippen LogP contribution in [0.15, 0.2) is 78.9 Å². The van der Waals surface area contributed by atoms with Crippen LogP contribution in [0.5, 0.6) is 5.75 Å². The Bertz CT molecular complexity index is 1040. The quantitative estimate of drug-likeness (QED) is 0.434. The van der Waals surface area contributed by atoms with Crippen LogP contribution in [0.25, 0.3) is 0 Å². The SMILES string of the molecule is O=C(COC(=O)c1ccc(COc2ccccc2)cc1)NNC(=O)c1ccc(Cl)cc1. The van der Waals surface area contributed by atoms with E-state index in [0.29, 0.717) is 22.8 Å². The van der Waals surface area contributed by atoms with Crippen molar-refractivity contribution < 1.29 is 23.9 Å². The highest BCUT2D eigenvalue weighted by molar-refractivity contribution is 6.30. The van der Waals surface area contributed by atoms with Crippen molar-refractivity contribution in [2.24, 2.45) is 0 Å². The van der Waals surface area contributed by atoms with Crippen LogP contribution in [-0.2, 0) is 16.1 Å². The van der Waals surface area contributed by atoms with E-state index in [-0.39, 0.29) is 0 Å². The molecule has 0 radical (unpaired) electrons. The maximum Gasteiger partial charge on any atom is 0.338 e. The van der Waals surface area contributed by atoms with Gasteiger partial charge in [0.1, 0.15) is 12.4 Å². The van der Waals surface area contributed by atoms with Gasteiger partial charge in [0, 0.05) is 10.6 Å². The third-order valence-corrected chi connectivity index (χ3v) is 4.35. The van der Waals surface area contributed by atoms with E-state index >= 15 is 0 Å². The second-order valence-corrected chi connectivity index (χ2v) is 6.82. The smallest absolute Gasteiger partial charge is 0.338 e. The van der Waals surface area contributed by atoms with Crippen LogP contribution in [0.3, 0.4) is 0 Å². The Hall–Kier alpha value is -3.84. The van der Waals surface area contributed by atoms with E-state index in [4.69, 9.17) is 21.1 Å². The number of hydrazine groups is 1. The number of hydrogen-bond acceptors (Lipinski definition) is 5. The van der Waals surface area contributed by atoms with E-state index in [1.807, 2.05) is 30.3 Å². The highest BCUT2D eigenvalue weighted by atomic mass is 35.5. The fourth-order valence-electron chi connectivity index (χ4n) is 2.47. The monoisotopic (exact) mass is 438 g/mol. The molecule has 3 aromatic carbocycles. The van der Waals surface area contributed by atoms with Gasteiger partial charge >= 0.3 is 5.97 Å². The number of hydrogen-bond donors (Lipinski definition) is 2. The van der Waals surface area contributed by atoms with Gasteiger partial charge in [-0.3, -0.25) is 20.4 Å². The molecule has 2 amide bonds. The van der Waals surface area contributed by atoms with Crippen LogP contribution in [0.2, 0.25) is 5.02 Å². The molecule has 0 fully saturated rings. The fraction of sp³-hybridized carbons (Fsp3) is 0.0870. The number of halogens is 1. The number of carbonyl (C=O) groups is 3. The predicted octanol–water partition coefficient (Wildman–Crippen LogP) is 3.54. The molecule has 0 saturated carbocycles. The van der Waals surface area contributed by atoms with Gasteiger partial charge in [0.05, 0.1) is 5.56 Å². The summed E-state index contributed by atoms with van der Waals surface area (Å²) in [7, 11) is 0. The Morgan fingerprint density at radius 2 is 1.42 bits per heavy atom. The highest BCUT2D eigenvalue weighted by Gasteiger charge is 2.12. The van der Waals surface area contributed by atoms with Gasteiger partial charge in [-0.1, -0.05) is 41.9 Å². The molecule has 8 heteroatoms. The molecule has 0 aliphatic heterocycles. The Morgan fingerprint density at radius 3 is 2.10 bits per heavy atom. The molecular formula is C23H19ClN2O5. The van der Waals surface area contributed by atoms with E-state index in [9.17, 15) is 14.4 Å². The molecule has 0 bridgehead atoms. The van der Waals surface area contributed by atoms with Gasteiger partial charge < -0.3 is 9.47 Å². The molecule has 7 nitrogen and oxygen atoms in total. The molecule has 0 heterocycles. The second-order valence-electron chi connectivity index (χ2n) is 6.38. The number of nitrogens with one attached hydrogen (secondary N) is 2. The lowest BCUT2D eigenvalue weighted by Crippen LogP contribution is -2.43. The van der Waals surface area contributed by atoms with Gasteiger partial charge in [-0.15, -0.1) is 0 Å². The van der Waals surface area contributed by atoms with Crippen molar-refractivity contribution in [2.75, 3.05) is 6.61 Å². The molecule has 0 spiro atoms. The summed E-state index contributed by atoms with van der Waals surface area (Å²) in [4.78, 5) is 35.8. The first-order valence-corrected chi connectivity index (χ1v) is 9.68. The molecule has 0 unspecified atom stereocenters. The van der Waals surface area contributed by atoms with Gasteiger partial charge in [-0.05, 0) is 54.1 Å². The third-order valence-electron chi connectivity index (χ3n) is 4.09. The highest BCUT2D eigenvalue weighted by Crippen LogP contribution is 2.13. The first-order valence-electron chi connectivity index (χ1n) is 9.30. The van der Waals surface area contributed by atoms with Crippen LogP contribution in [-0.4, -0.2) is 24.4 Å². The van der Waals surface area contributed by atoms with Crippen molar-refractivity contribution >= 4 is 29.4 Å². The number of esters is 1. The van der Waals surface area contributed by atoms with E-state index in [1.165, 1.54) is 12.1 Å². The lowest BCUT2D eigenvalue weighted by molar-refractivity contribution is -0.125. The van der Waals surface area contributed by atoms with E-state index in [0.717, 1.165) is 11.3 Å². The van der Waals surface area contributed by atoms with Crippen molar-refractivity contribution in [3.8, 4) is 5.75 Å². The van der Waals surface area contributed by atoms with E-state index in [1.54, 1.807) is 36.4 Å². The summed E-state index contributed by atoms with van der Waals surface area (Å²) in [5.41, 5.74) is 5.90. The average molecular weight is 439 g/mol. The molecule has 158 valence electrons. The van der Waals surface area contributed by atoms with Crippen LogP contribution in [0, 0.1) is 0 Å². The van der Waals surface area contributed by atoms with E-state index in [2.05, 4.69) is 10.9 Å². The number of carbonyl (C=O) groups excluding carboxylic acids is 3. The van der Waals surface area contributed by atoms with Crippen LogP contribution in [0.1, 0.15) is 26.3 Å². The van der Waals surface area contributed by atoms with Crippen molar-refractivity contribution in [1.82, 2.24) is 10.9 Å². The first-order chi connectivity index (χ1) is 15.0. The topological polar surface area (TPSA) is 93.7 Å².